The zero-order valence-corrected chi connectivity index (χ0v) is 17.7. The number of carbonyl (C=O) groups excluding carboxylic acids is 2. The van der Waals surface area contributed by atoms with Gasteiger partial charge in [0.05, 0.1) is 24.3 Å². The van der Waals surface area contributed by atoms with Crippen molar-refractivity contribution >= 4 is 29.0 Å². The molecule has 0 unspecified atom stereocenters. The fourth-order valence-corrected chi connectivity index (χ4v) is 3.38. The Morgan fingerprint density at radius 2 is 1.66 bits per heavy atom. The van der Waals surface area contributed by atoms with Gasteiger partial charge in [0.1, 0.15) is 5.01 Å². The molecule has 2 aromatic rings. The van der Waals surface area contributed by atoms with Crippen molar-refractivity contribution in [2.45, 2.75) is 39.2 Å². The van der Waals surface area contributed by atoms with Crippen LogP contribution in [0.25, 0.3) is 0 Å². The normalized spacial score (nSPS) is 11.9. The number of hydrogen-bond donors (Lipinski definition) is 1. The van der Waals surface area contributed by atoms with E-state index >= 15 is 0 Å². The van der Waals surface area contributed by atoms with Crippen molar-refractivity contribution in [1.29, 1.82) is 0 Å². The Morgan fingerprint density at radius 3 is 2.16 bits per heavy atom. The molecule has 0 aliphatic carbocycles. The fourth-order valence-electron chi connectivity index (χ4n) is 2.60. The summed E-state index contributed by atoms with van der Waals surface area (Å²) in [6, 6.07) is -0.0717. The summed E-state index contributed by atoms with van der Waals surface area (Å²) in [5.41, 5.74) is -3.69. The van der Waals surface area contributed by atoms with E-state index in [0.29, 0.717) is 23.6 Å². The number of aromatic nitrogens is 1. The lowest BCUT2D eigenvalue weighted by atomic mass is 10.1. The molecule has 0 saturated heterocycles. The number of nitrogens with zero attached hydrogens (tertiary/aromatic N) is 2. The van der Waals surface area contributed by atoms with Crippen LogP contribution in [0.1, 0.15) is 46.9 Å². The lowest BCUT2D eigenvalue weighted by molar-refractivity contribution is -0.143. The van der Waals surface area contributed by atoms with Crippen molar-refractivity contribution in [1.82, 2.24) is 9.88 Å². The molecule has 0 aliphatic rings. The van der Waals surface area contributed by atoms with E-state index in [9.17, 15) is 35.9 Å². The van der Waals surface area contributed by atoms with Crippen molar-refractivity contribution in [3.05, 3.63) is 45.4 Å². The molecule has 6 nitrogen and oxygen atoms in total. The standard InChI is InChI=1S/C19H19F6N3O3S/c1-3-5-28(9-15-27-14(10-32-15)16(29)31-4-2)17(30)26-13-7-11(18(20,21)22)6-12(8-13)19(23,24)25/h6-8,10H,3-5,9H2,1-2H3,(H,26,30). The molecule has 13 heteroatoms. The molecule has 0 saturated carbocycles. The van der Waals surface area contributed by atoms with Crippen molar-refractivity contribution in [3.63, 3.8) is 0 Å². The number of carbonyl (C=O) groups is 2. The second-order valence-corrected chi connectivity index (χ2v) is 7.44. The van der Waals surface area contributed by atoms with Gasteiger partial charge in [-0.05, 0) is 31.5 Å². The van der Waals surface area contributed by atoms with Crippen LogP contribution in [0.2, 0.25) is 0 Å². The average molecular weight is 483 g/mol. The number of nitrogens with one attached hydrogen (secondary N) is 1. The van der Waals surface area contributed by atoms with E-state index in [0.717, 1.165) is 11.3 Å². The van der Waals surface area contributed by atoms with Crippen molar-refractivity contribution < 1.29 is 40.7 Å². The molecule has 32 heavy (non-hydrogen) atoms. The van der Waals surface area contributed by atoms with E-state index in [1.807, 2.05) is 0 Å². The van der Waals surface area contributed by atoms with Gasteiger partial charge in [-0.2, -0.15) is 26.3 Å². The molecule has 1 aromatic carbocycles. The van der Waals surface area contributed by atoms with Crippen molar-refractivity contribution in [2.75, 3.05) is 18.5 Å². The van der Waals surface area contributed by atoms with Crippen LogP contribution < -0.4 is 5.32 Å². The quantitative estimate of drug-likeness (QED) is 0.399. The number of esters is 1. The van der Waals surface area contributed by atoms with Crippen LogP contribution >= 0.6 is 11.3 Å². The lowest BCUT2D eigenvalue weighted by Crippen LogP contribution is -2.35. The molecule has 2 rings (SSSR count). The number of thiazole rings is 1. The monoisotopic (exact) mass is 483 g/mol. The van der Waals surface area contributed by atoms with E-state index in [1.165, 1.54) is 10.3 Å². The summed E-state index contributed by atoms with van der Waals surface area (Å²) in [6.45, 7) is 3.54. The van der Waals surface area contributed by atoms with Crippen LogP contribution in [-0.2, 0) is 23.6 Å². The number of urea groups is 1. The molecule has 1 heterocycles. The first-order valence-electron chi connectivity index (χ1n) is 9.32. The van der Waals surface area contributed by atoms with Gasteiger partial charge in [0.15, 0.2) is 5.69 Å². The lowest BCUT2D eigenvalue weighted by Gasteiger charge is -2.22. The molecule has 0 radical (unpaired) electrons. The third kappa shape index (κ3) is 6.84. The Labute approximate surface area is 183 Å². The minimum Gasteiger partial charge on any atom is -0.461 e. The number of hydrogen-bond acceptors (Lipinski definition) is 5. The largest absolute Gasteiger partial charge is 0.461 e. The Kier molecular flexibility index (Phi) is 8.10. The molecule has 0 aliphatic heterocycles. The Balaban J connectivity index is 2.25. The maximum Gasteiger partial charge on any atom is 0.416 e. The molecule has 1 N–H and O–H groups in total. The molecule has 2 amide bonds. The topological polar surface area (TPSA) is 71.5 Å². The van der Waals surface area contributed by atoms with Crippen LogP contribution in [0.4, 0.5) is 36.8 Å². The van der Waals surface area contributed by atoms with Gasteiger partial charge in [-0.25, -0.2) is 14.6 Å². The highest BCUT2D eigenvalue weighted by Crippen LogP contribution is 2.37. The van der Waals surface area contributed by atoms with E-state index in [2.05, 4.69) is 10.3 Å². The first kappa shape index (κ1) is 25.4. The number of halogens is 6. The summed E-state index contributed by atoms with van der Waals surface area (Å²) in [7, 11) is 0. The minimum atomic E-state index is -5.03. The average Bonchev–Trinajstić information content (AvgIpc) is 3.15. The number of anilines is 1. The second kappa shape index (κ2) is 10.2. The van der Waals surface area contributed by atoms with Gasteiger partial charge in [-0.3, -0.25) is 0 Å². The van der Waals surface area contributed by atoms with Gasteiger partial charge in [0, 0.05) is 17.6 Å². The van der Waals surface area contributed by atoms with Crippen molar-refractivity contribution in [2.24, 2.45) is 0 Å². The third-order valence-corrected chi connectivity index (χ3v) is 4.82. The molecule has 0 atom stereocenters. The van der Waals surface area contributed by atoms with E-state index < -0.39 is 41.2 Å². The van der Waals surface area contributed by atoms with Gasteiger partial charge in [0.25, 0.3) is 0 Å². The number of amides is 2. The van der Waals surface area contributed by atoms with Crippen LogP contribution in [0.3, 0.4) is 0 Å². The molecular weight excluding hydrogens is 464 g/mol. The molecule has 0 fully saturated rings. The van der Waals surface area contributed by atoms with E-state index in [4.69, 9.17) is 4.74 Å². The Morgan fingerprint density at radius 1 is 1.06 bits per heavy atom. The summed E-state index contributed by atoms with van der Waals surface area (Å²) in [6.07, 6.45) is -9.61. The zero-order valence-electron chi connectivity index (χ0n) is 16.9. The van der Waals surface area contributed by atoms with Gasteiger partial charge >= 0.3 is 24.4 Å². The molecule has 1 aromatic heterocycles. The molecular formula is C19H19F6N3O3S. The number of rotatable bonds is 7. The summed E-state index contributed by atoms with van der Waals surface area (Å²) in [5, 5.41) is 3.87. The fraction of sp³-hybridized carbons (Fsp3) is 0.421. The first-order valence-corrected chi connectivity index (χ1v) is 10.2. The van der Waals surface area contributed by atoms with E-state index in [-0.39, 0.29) is 31.5 Å². The first-order chi connectivity index (χ1) is 14.8. The van der Waals surface area contributed by atoms with Crippen LogP contribution in [0.15, 0.2) is 23.6 Å². The van der Waals surface area contributed by atoms with Crippen LogP contribution in [-0.4, -0.2) is 35.0 Å². The number of alkyl halides is 6. The summed E-state index contributed by atoms with van der Waals surface area (Å²) in [5.74, 6) is -0.648. The maximum absolute atomic E-state index is 13.0. The van der Waals surface area contributed by atoms with Crippen molar-refractivity contribution in [3.8, 4) is 0 Å². The predicted molar refractivity (Wildman–Crippen MR) is 104 cm³/mol. The number of ether oxygens (including phenoxy) is 1. The summed E-state index contributed by atoms with van der Waals surface area (Å²) < 4.78 is 83.0. The highest BCUT2D eigenvalue weighted by Gasteiger charge is 2.37. The number of benzene rings is 1. The molecule has 0 spiro atoms. The molecule has 0 bridgehead atoms. The highest BCUT2D eigenvalue weighted by atomic mass is 32.1. The highest BCUT2D eigenvalue weighted by molar-refractivity contribution is 7.09. The van der Waals surface area contributed by atoms with Gasteiger partial charge in [0.2, 0.25) is 0 Å². The van der Waals surface area contributed by atoms with Crippen LogP contribution in [0, 0.1) is 0 Å². The summed E-state index contributed by atoms with van der Waals surface area (Å²) >= 11 is 1.06. The SMILES string of the molecule is CCCN(Cc1nc(C(=O)OCC)cs1)C(=O)Nc1cc(C(F)(F)F)cc(C(F)(F)F)c1. The Hall–Kier alpha value is -2.83. The summed E-state index contributed by atoms with van der Waals surface area (Å²) in [4.78, 5) is 29.6. The maximum atomic E-state index is 13.0. The van der Waals surface area contributed by atoms with Gasteiger partial charge in [-0.1, -0.05) is 6.92 Å². The van der Waals surface area contributed by atoms with Gasteiger partial charge in [-0.15, -0.1) is 11.3 Å². The van der Waals surface area contributed by atoms with E-state index in [1.54, 1.807) is 13.8 Å². The third-order valence-electron chi connectivity index (χ3n) is 3.98. The smallest absolute Gasteiger partial charge is 0.416 e. The minimum absolute atomic E-state index is 0.0219. The Bertz CT molecular complexity index is 926. The second-order valence-electron chi connectivity index (χ2n) is 6.49. The predicted octanol–water partition coefficient (Wildman–Crippen LogP) is 5.80. The molecule has 176 valence electrons. The van der Waals surface area contributed by atoms with Crippen LogP contribution in [0.5, 0.6) is 0 Å². The van der Waals surface area contributed by atoms with Gasteiger partial charge < -0.3 is 15.0 Å². The zero-order chi connectivity index (χ0) is 24.1.